The van der Waals surface area contributed by atoms with Crippen molar-refractivity contribution in [3.05, 3.63) is 65.4 Å². The van der Waals surface area contributed by atoms with E-state index in [9.17, 15) is 10.2 Å². The standard InChI is InChI=1S/C18H16Br4N2O2S2/c19-13-1-11(2-14(20)5-13)7-23-17(9-25)27-28-18(10-26)24-8-12-3-15(21)6-16(22)4-12/h1-8,17-18,25-26H,9-10H2. The van der Waals surface area contributed by atoms with E-state index in [0.29, 0.717) is 0 Å². The summed E-state index contributed by atoms with van der Waals surface area (Å²) in [6, 6.07) is 11.7. The second-order valence-electron chi connectivity index (χ2n) is 5.43. The van der Waals surface area contributed by atoms with Crippen LogP contribution in [0, 0.1) is 0 Å². The lowest BCUT2D eigenvalue weighted by molar-refractivity contribution is 0.296. The summed E-state index contributed by atoms with van der Waals surface area (Å²) in [7, 11) is 2.75. The molecule has 2 rings (SSSR count). The van der Waals surface area contributed by atoms with Crippen LogP contribution in [-0.4, -0.2) is 46.6 Å². The van der Waals surface area contributed by atoms with Crippen LogP contribution in [0.2, 0.25) is 0 Å². The van der Waals surface area contributed by atoms with E-state index in [0.717, 1.165) is 29.0 Å². The highest BCUT2D eigenvalue weighted by Gasteiger charge is 2.12. The molecule has 2 N–H and O–H groups in total. The number of halogens is 4. The fourth-order valence-corrected chi connectivity index (χ4v) is 6.66. The van der Waals surface area contributed by atoms with Gasteiger partial charge in [-0.1, -0.05) is 85.3 Å². The highest BCUT2D eigenvalue weighted by atomic mass is 79.9. The van der Waals surface area contributed by atoms with Crippen LogP contribution < -0.4 is 0 Å². The van der Waals surface area contributed by atoms with Crippen LogP contribution in [0.3, 0.4) is 0 Å². The van der Waals surface area contributed by atoms with Gasteiger partial charge in [0.2, 0.25) is 0 Å². The van der Waals surface area contributed by atoms with Crippen molar-refractivity contribution < 1.29 is 10.2 Å². The Morgan fingerprint density at radius 1 is 0.679 bits per heavy atom. The van der Waals surface area contributed by atoms with Gasteiger partial charge in [-0.3, -0.25) is 9.98 Å². The van der Waals surface area contributed by atoms with Crippen molar-refractivity contribution in [1.29, 1.82) is 0 Å². The Bertz CT molecular complexity index is 742. The summed E-state index contributed by atoms with van der Waals surface area (Å²) in [5.74, 6) is 0. The van der Waals surface area contributed by atoms with Gasteiger partial charge >= 0.3 is 0 Å². The van der Waals surface area contributed by atoms with Gasteiger partial charge in [0, 0.05) is 30.3 Å². The Balaban J connectivity index is 1.96. The number of rotatable bonds is 9. The molecule has 0 aliphatic rings. The summed E-state index contributed by atoms with van der Waals surface area (Å²) in [5.41, 5.74) is 1.84. The minimum atomic E-state index is -0.355. The first-order valence-corrected chi connectivity index (χ1v) is 13.4. The van der Waals surface area contributed by atoms with E-state index in [1.807, 2.05) is 36.4 Å². The first kappa shape index (κ1) is 24.6. The molecule has 150 valence electrons. The number of aliphatic imine (C=N–C) groups is 2. The monoisotopic (exact) mass is 672 g/mol. The van der Waals surface area contributed by atoms with Crippen molar-refractivity contribution in [1.82, 2.24) is 0 Å². The van der Waals surface area contributed by atoms with Crippen LogP contribution in [0.4, 0.5) is 0 Å². The molecule has 0 amide bonds. The average Bonchev–Trinajstić information content (AvgIpc) is 2.62. The zero-order valence-corrected chi connectivity index (χ0v) is 22.3. The molecule has 0 saturated heterocycles. The largest absolute Gasteiger partial charge is 0.393 e. The van der Waals surface area contributed by atoms with E-state index in [4.69, 9.17) is 0 Å². The maximum Gasteiger partial charge on any atom is 0.128 e. The molecule has 28 heavy (non-hydrogen) atoms. The molecular weight excluding hydrogens is 660 g/mol. The zero-order chi connectivity index (χ0) is 20.5. The lowest BCUT2D eigenvalue weighted by atomic mass is 10.2. The van der Waals surface area contributed by atoms with Crippen LogP contribution in [-0.2, 0) is 0 Å². The minimum Gasteiger partial charge on any atom is -0.393 e. The molecule has 0 spiro atoms. The molecule has 0 heterocycles. The third-order valence-corrected chi connectivity index (χ3v) is 7.73. The number of nitrogens with zero attached hydrogens (tertiary/aromatic N) is 2. The fraction of sp³-hybridized carbons (Fsp3) is 0.222. The van der Waals surface area contributed by atoms with Gasteiger partial charge in [0.05, 0.1) is 13.2 Å². The van der Waals surface area contributed by atoms with Crippen LogP contribution >= 0.6 is 85.3 Å². The van der Waals surface area contributed by atoms with Crippen molar-refractivity contribution in [2.75, 3.05) is 13.2 Å². The third-order valence-electron chi connectivity index (χ3n) is 3.14. The second kappa shape index (κ2) is 12.9. The summed E-state index contributed by atoms with van der Waals surface area (Å²) in [5, 5.41) is 18.5. The quantitative estimate of drug-likeness (QED) is 0.242. The maximum absolute atomic E-state index is 9.59. The van der Waals surface area contributed by atoms with Crippen molar-refractivity contribution in [2.45, 2.75) is 10.7 Å². The summed E-state index contributed by atoms with van der Waals surface area (Å²) in [4.78, 5) is 8.84. The third kappa shape index (κ3) is 8.99. The molecule has 2 aromatic carbocycles. The number of aliphatic hydroxyl groups excluding tert-OH is 2. The predicted octanol–water partition coefficient (Wildman–Crippen LogP) is 6.29. The van der Waals surface area contributed by atoms with Crippen LogP contribution in [0.15, 0.2) is 64.3 Å². The Hall–Kier alpha value is 0.320. The van der Waals surface area contributed by atoms with E-state index in [2.05, 4.69) is 73.7 Å². The van der Waals surface area contributed by atoms with Crippen LogP contribution in [0.25, 0.3) is 0 Å². The first-order chi connectivity index (χ1) is 13.4. The molecule has 0 fully saturated rings. The Labute approximate surface area is 205 Å². The molecule has 0 aliphatic carbocycles. The highest BCUT2D eigenvalue weighted by Crippen LogP contribution is 2.32. The van der Waals surface area contributed by atoms with Crippen molar-refractivity contribution in [3.63, 3.8) is 0 Å². The number of benzene rings is 2. The molecule has 4 nitrogen and oxygen atoms in total. The first-order valence-electron chi connectivity index (χ1n) is 7.92. The lowest BCUT2D eigenvalue weighted by Gasteiger charge is -2.12. The van der Waals surface area contributed by atoms with Gasteiger partial charge in [0.1, 0.15) is 10.7 Å². The summed E-state index contributed by atoms with van der Waals surface area (Å²) >= 11 is 13.8. The van der Waals surface area contributed by atoms with Gasteiger partial charge in [-0.2, -0.15) is 0 Å². The molecule has 0 radical (unpaired) electrons. The topological polar surface area (TPSA) is 65.2 Å². The van der Waals surface area contributed by atoms with E-state index in [1.165, 1.54) is 21.6 Å². The van der Waals surface area contributed by atoms with E-state index in [1.54, 1.807) is 12.4 Å². The second-order valence-corrected chi connectivity index (χ2v) is 11.7. The number of aliphatic hydroxyl groups is 2. The molecule has 2 aromatic rings. The zero-order valence-electron chi connectivity index (χ0n) is 14.3. The van der Waals surface area contributed by atoms with Gasteiger partial charge in [0.15, 0.2) is 0 Å². The van der Waals surface area contributed by atoms with Crippen LogP contribution in [0.5, 0.6) is 0 Å². The molecule has 2 atom stereocenters. The molecule has 0 bridgehead atoms. The lowest BCUT2D eigenvalue weighted by Crippen LogP contribution is -2.08. The molecule has 0 aliphatic heterocycles. The van der Waals surface area contributed by atoms with E-state index in [-0.39, 0.29) is 24.0 Å². The van der Waals surface area contributed by atoms with Crippen molar-refractivity contribution in [3.8, 4) is 0 Å². The van der Waals surface area contributed by atoms with Gasteiger partial charge in [0.25, 0.3) is 0 Å². The van der Waals surface area contributed by atoms with Gasteiger partial charge in [-0.05, 0) is 47.5 Å². The molecule has 10 heteroatoms. The normalized spacial score (nSPS) is 14.1. The minimum absolute atomic E-state index is 0.107. The maximum atomic E-state index is 9.59. The Morgan fingerprint density at radius 2 is 1.00 bits per heavy atom. The predicted molar refractivity (Wildman–Crippen MR) is 136 cm³/mol. The van der Waals surface area contributed by atoms with Crippen LogP contribution in [0.1, 0.15) is 11.1 Å². The van der Waals surface area contributed by atoms with Crippen molar-refractivity contribution >= 4 is 97.7 Å². The van der Waals surface area contributed by atoms with Gasteiger partial charge in [-0.15, -0.1) is 0 Å². The molecule has 0 aromatic heterocycles. The summed E-state index contributed by atoms with van der Waals surface area (Å²) in [6.45, 7) is -0.215. The number of hydrogen-bond acceptors (Lipinski definition) is 6. The summed E-state index contributed by atoms with van der Waals surface area (Å²) < 4.78 is 3.78. The molecular formula is C18H16Br4N2O2S2. The average molecular weight is 676 g/mol. The van der Waals surface area contributed by atoms with E-state index < -0.39 is 0 Å². The molecule has 0 saturated carbocycles. The SMILES string of the molecule is OCC(N=Cc1cc(Br)cc(Br)c1)SSC(CO)N=Cc1cc(Br)cc(Br)c1. The fourth-order valence-electron chi connectivity index (χ4n) is 1.97. The van der Waals surface area contributed by atoms with Gasteiger partial charge < -0.3 is 10.2 Å². The Morgan fingerprint density at radius 3 is 1.29 bits per heavy atom. The highest BCUT2D eigenvalue weighted by molar-refractivity contribution is 9.11. The Kier molecular flexibility index (Phi) is 11.3. The van der Waals surface area contributed by atoms with E-state index >= 15 is 0 Å². The smallest absolute Gasteiger partial charge is 0.128 e. The van der Waals surface area contributed by atoms with Crippen molar-refractivity contribution in [2.24, 2.45) is 9.98 Å². The summed E-state index contributed by atoms with van der Waals surface area (Å²) in [6.07, 6.45) is 3.44. The molecule has 2 unspecified atom stereocenters. The van der Waals surface area contributed by atoms with Gasteiger partial charge in [-0.25, -0.2) is 0 Å². The number of hydrogen-bond donors (Lipinski definition) is 2.